The Bertz CT molecular complexity index is 1250. The summed E-state index contributed by atoms with van der Waals surface area (Å²) in [5, 5.41) is 6.48. The summed E-state index contributed by atoms with van der Waals surface area (Å²) >= 11 is 6.26. The van der Waals surface area contributed by atoms with Crippen molar-refractivity contribution < 1.29 is 23.9 Å². The third-order valence-corrected chi connectivity index (χ3v) is 7.51. The van der Waals surface area contributed by atoms with Crippen LogP contribution in [0, 0.1) is 18.8 Å². The molecule has 2 aromatic rings. The molecule has 3 aliphatic heterocycles. The number of nitrogens with one attached hydrogen (secondary N) is 2. The van der Waals surface area contributed by atoms with E-state index in [0.717, 1.165) is 5.56 Å². The van der Waals surface area contributed by atoms with Crippen molar-refractivity contribution in [3.05, 3.63) is 58.1 Å². The van der Waals surface area contributed by atoms with Gasteiger partial charge in [-0.25, -0.2) is 0 Å². The maximum Gasteiger partial charge on any atom is 0.250 e. The topological polar surface area (TPSA) is 131 Å². The van der Waals surface area contributed by atoms with Gasteiger partial charge in [0.25, 0.3) is 0 Å². The van der Waals surface area contributed by atoms with Crippen LogP contribution in [0.3, 0.4) is 0 Å². The number of anilines is 1. The Balaban J connectivity index is 1.59. The Hall–Kier alpha value is -3.43. The first-order chi connectivity index (χ1) is 16.2. The Morgan fingerprint density at radius 2 is 1.85 bits per heavy atom. The molecule has 5 rings (SSSR count). The molecule has 34 heavy (non-hydrogen) atoms. The number of benzene rings is 2. The average molecular weight is 483 g/mol. The number of methoxy groups -OCH3 is 1. The predicted octanol–water partition coefficient (Wildman–Crippen LogP) is 1.45. The number of fused-ring (bicyclic) bond motifs is 4. The van der Waals surface area contributed by atoms with E-state index in [1.165, 1.54) is 4.90 Å². The van der Waals surface area contributed by atoms with Crippen LogP contribution in [0.15, 0.2) is 36.4 Å². The lowest BCUT2D eigenvalue weighted by Crippen LogP contribution is -2.53. The first-order valence-corrected chi connectivity index (χ1v) is 11.2. The van der Waals surface area contributed by atoms with Gasteiger partial charge in [-0.3, -0.25) is 29.4 Å². The zero-order valence-electron chi connectivity index (χ0n) is 18.6. The van der Waals surface area contributed by atoms with Crippen molar-refractivity contribution in [2.24, 2.45) is 17.6 Å². The van der Waals surface area contributed by atoms with Crippen molar-refractivity contribution in [1.82, 2.24) is 10.2 Å². The maximum atomic E-state index is 13.7. The summed E-state index contributed by atoms with van der Waals surface area (Å²) in [7, 11) is 1.55. The second-order valence-corrected chi connectivity index (χ2v) is 9.30. The number of imide groups is 1. The largest absolute Gasteiger partial charge is 0.497 e. The smallest absolute Gasteiger partial charge is 0.250 e. The van der Waals surface area contributed by atoms with Crippen molar-refractivity contribution >= 4 is 40.9 Å². The van der Waals surface area contributed by atoms with Crippen LogP contribution >= 0.6 is 11.6 Å². The highest BCUT2D eigenvalue weighted by Crippen LogP contribution is 2.54. The molecule has 176 valence electrons. The molecule has 2 saturated heterocycles. The maximum absolute atomic E-state index is 13.7. The number of nitrogens with two attached hydrogens (primary N) is 1. The molecule has 10 heteroatoms. The van der Waals surface area contributed by atoms with Gasteiger partial charge in [-0.05, 0) is 36.2 Å². The molecule has 3 aliphatic rings. The van der Waals surface area contributed by atoms with E-state index in [4.69, 9.17) is 22.1 Å². The lowest BCUT2D eigenvalue weighted by atomic mass is 9.76. The molecule has 0 unspecified atom stereocenters. The summed E-state index contributed by atoms with van der Waals surface area (Å²) in [5.41, 5.74) is 6.40. The minimum Gasteiger partial charge on any atom is -0.497 e. The summed E-state index contributed by atoms with van der Waals surface area (Å²) in [6.07, 6.45) is -0.187. The van der Waals surface area contributed by atoms with E-state index in [0.29, 0.717) is 27.6 Å². The Morgan fingerprint density at radius 3 is 2.50 bits per heavy atom. The number of primary amides is 1. The molecule has 1 spiro atoms. The van der Waals surface area contributed by atoms with Crippen molar-refractivity contribution in [1.29, 1.82) is 0 Å². The van der Waals surface area contributed by atoms with Gasteiger partial charge in [-0.15, -0.1) is 0 Å². The SMILES string of the molecule is COc1ccc(CN2C(=O)[C@@H]3[C@H](CC(N)=O)N[C@]4(C(=O)Nc5c4ccc(Cl)c5C)[C@@H]3C2=O)cc1. The van der Waals surface area contributed by atoms with Gasteiger partial charge in [0.2, 0.25) is 23.6 Å². The van der Waals surface area contributed by atoms with E-state index in [-0.39, 0.29) is 13.0 Å². The fourth-order valence-electron chi connectivity index (χ4n) is 5.51. The van der Waals surface area contributed by atoms with Crippen LogP contribution in [0.1, 0.15) is 23.1 Å². The highest BCUT2D eigenvalue weighted by Gasteiger charge is 2.70. The molecular weight excluding hydrogens is 460 g/mol. The predicted molar refractivity (Wildman–Crippen MR) is 123 cm³/mol. The number of nitrogens with zero attached hydrogens (tertiary/aromatic N) is 1. The molecular formula is C24H23ClN4O5. The molecule has 0 bridgehead atoms. The van der Waals surface area contributed by atoms with Gasteiger partial charge in [0, 0.05) is 23.0 Å². The van der Waals surface area contributed by atoms with Gasteiger partial charge >= 0.3 is 0 Å². The summed E-state index contributed by atoms with van der Waals surface area (Å²) in [6, 6.07) is 9.60. The lowest BCUT2D eigenvalue weighted by Gasteiger charge is -2.29. The summed E-state index contributed by atoms with van der Waals surface area (Å²) in [5.74, 6) is -3.28. The number of carbonyl (C=O) groups excluding carboxylic acids is 4. The number of amides is 4. The van der Waals surface area contributed by atoms with E-state index in [9.17, 15) is 19.2 Å². The quantitative estimate of drug-likeness (QED) is 0.553. The van der Waals surface area contributed by atoms with Crippen molar-refractivity contribution in [3.8, 4) is 5.75 Å². The molecule has 0 radical (unpaired) electrons. The first-order valence-electron chi connectivity index (χ1n) is 10.8. The molecule has 4 N–H and O–H groups in total. The molecule has 2 aromatic carbocycles. The number of hydrogen-bond acceptors (Lipinski definition) is 6. The lowest BCUT2D eigenvalue weighted by molar-refractivity contribution is -0.143. The zero-order valence-corrected chi connectivity index (χ0v) is 19.3. The standard InChI is InChI=1S/C24H23ClN4O5/c1-11-15(25)8-7-14-20(11)27-23(33)24(14)19-18(16(28-24)9-17(26)30)21(31)29(22(19)32)10-12-3-5-13(34-2)6-4-12/h3-8,16,18-19,28H,9-10H2,1-2H3,(H2,26,30)(H,27,33)/t16-,18+,19-,24-/m0/s1. The molecule has 0 aliphatic carbocycles. The number of hydrogen-bond donors (Lipinski definition) is 3. The highest BCUT2D eigenvalue weighted by atomic mass is 35.5. The fourth-order valence-corrected chi connectivity index (χ4v) is 5.67. The van der Waals surface area contributed by atoms with Gasteiger partial charge in [0.15, 0.2) is 0 Å². The van der Waals surface area contributed by atoms with E-state index in [1.54, 1.807) is 50.4 Å². The van der Waals surface area contributed by atoms with Crippen molar-refractivity contribution in [2.75, 3.05) is 12.4 Å². The van der Waals surface area contributed by atoms with Crippen LogP contribution in [0.25, 0.3) is 0 Å². The van der Waals surface area contributed by atoms with Gasteiger partial charge < -0.3 is 15.8 Å². The summed E-state index contributed by atoms with van der Waals surface area (Å²) in [4.78, 5) is 53.7. The van der Waals surface area contributed by atoms with Crippen molar-refractivity contribution in [3.63, 3.8) is 0 Å². The van der Waals surface area contributed by atoms with Gasteiger partial charge in [0.05, 0.1) is 31.2 Å². The van der Waals surface area contributed by atoms with E-state index >= 15 is 0 Å². The molecule has 4 atom stereocenters. The van der Waals surface area contributed by atoms with Gasteiger partial charge in [0.1, 0.15) is 11.3 Å². The first kappa shape index (κ1) is 22.4. The number of ether oxygens (including phenoxy) is 1. The average Bonchev–Trinajstić information content (AvgIpc) is 3.37. The second-order valence-electron chi connectivity index (χ2n) is 8.89. The molecule has 3 heterocycles. The van der Waals surface area contributed by atoms with Crippen molar-refractivity contribution in [2.45, 2.75) is 31.5 Å². The van der Waals surface area contributed by atoms with Crippen LogP contribution in [-0.4, -0.2) is 41.7 Å². The molecule has 4 amide bonds. The second kappa shape index (κ2) is 7.82. The van der Waals surface area contributed by atoms with E-state index < -0.39 is 47.0 Å². The summed E-state index contributed by atoms with van der Waals surface area (Å²) in [6.45, 7) is 1.81. The zero-order chi connectivity index (χ0) is 24.4. The molecule has 0 saturated carbocycles. The van der Waals surface area contributed by atoms with E-state index in [1.807, 2.05) is 0 Å². The van der Waals surface area contributed by atoms with Gasteiger partial charge in [-0.1, -0.05) is 29.8 Å². The monoisotopic (exact) mass is 482 g/mol. The third-order valence-electron chi connectivity index (χ3n) is 7.10. The Kier molecular flexibility index (Phi) is 5.14. The number of carbonyl (C=O) groups is 4. The fraction of sp³-hybridized carbons (Fsp3) is 0.333. The van der Waals surface area contributed by atoms with Crippen LogP contribution in [0.4, 0.5) is 5.69 Å². The third kappa shape index (κ3) is 3.04. The number of rotatable bonds is 5. The Labute approximate surface area is 200 Å². The summed E-state index contributed by atoms with van der Waals surface area (Å²) < 4.78 is 5.17. The van der Waals surface area contributed by atoms with Crippen LogP contribution in [0.2, 0.25) is 5.02 Å². The normalized spacial score (nSPS) is 27.2. The molecule has 2 fully saturated rings. The van der Waals surface area contributed by atoms with Crippen LogP contribution < -0.4 is 21.1 Å². The minimum atomic E-state index is -1.50. The molecule has 0 aromatic heterocycles. The van der Waals surface area contributed by atoms with Crippen LogP contribution in [-0.2, 0) is 31.3 Å². The van der Waals surface area contributed by atoms with Crippen LogP contribution in [0.5, 0.6) is 5.75 Å². The van der Waals surface area contributed by atoms with Gasteiger partial charge in [-0.2, -0.15) is 0 Å². The highest BCUT2D eigenvalue weighted by molar-refractivity contribution is 6.32. The Morgan fingerprint density at radius 1 is 1.15 bits per heavy atom. The number of likely N-dealkylation sites (tertiary alicyclic amines) is 1. The minimum absolute atomic E-state index is 0.0438. The number of halogens is 1. The molecule has 9 nitrogen and oxygen atoms in total. The van der Waals surface area contributed by atoms with E-state index in [2.05, 4.69) is 10.6 Å².